The summed E-state index contributed by atoms with van der Waals surface area (Å²) in [6, 6.07) is 18.1. The highest BCUT2D eigenvalue weighted by Gasteiger charge is 2.40. The summed E-state index contributed by atoms with van der Waals surface area (Å²) in [5.74, 6) is 0. The fourth-order valence-corrected chi connectivity index (χ4v) is 4.53. The van der Waals surface area contributed by atoms with Gasteiger partial charge in [0.25, 0.3) is 0 Å². The van der Waals surface area contributed by atoms with Gasteiger partial charge >= 0.3 is 0 Å². The molecule has 2 aromatic rings. The topological polar surface area (TPSA) is 0 Å². The number of hydrogen-bond acceptors (Lipinski definition) is 0. The summed E-state index contributed by atoms with van der Waals surface area (Å²) in [5.41, 5.74) is 6.06. The van der Waals surface area contributed by atoms with Crippen LogP contribution in [-0.4, -0.2) is 0 Å². The normalized spacial score (nSPS) is 25.6. The first-order valence-electron chi connectivity index (χ1n) is 9.90. The summed E-state index contributed by atoms with van der Waals surface area (Å²) in [6.45, 7) is 12.6. The van der Waals surface area contributed by atoms with Crippen LogP contribution >= 0.6 is 0 Å². The molecule has 0 aliphatic heterocycles. The van der Waals surface area contributed by atoms with Crippen molar-refractivity contribution < 1.29 is 0 Å². The number of hydrogen-bond donors (Lipinski definition) is 0. The summed E-state index contributed by atoms with van der Waals surface area (Å²) in [7, 11) is 0. The zero-order valence-corrected chi connectivity index (χ0v) is 16.4. The quantitative estimate of drug-likeness (QED) is 0.472. The van der Waals surface area contributed by atoms with Gasteiger partial charge in [0.2, 0.25) is 0 Å². The summed E-state index contributed by atoms with van der Waals surface area (Å²) in [6.07, 6.45) is 11.4. The molecule has 1 aliphatic rings. The Balaban J connectivity index is 1.84. The van der Waals surface area contributed by atoms with Crippen molar-refractivity contribution in [3.8, 4) is 11.1 Å². The molecule has 1 saturated carbocycles. The number of allylic oxidation sites excluding steroid dienone is 2. The molecule has 136 valence electrons. The predicted molar refractivity (Wildman–Crippen MR) is 114 cm³/mol. The van der Waals surface area contributed by atoms with Crippen LogP contribution in [0.1, 0.15) is 56.6 Å². The van der Waals surface area contributed by atoms with Crippen molar-refractivity contribution in [3.05, 3.63) is 85.0 Å². The number of benzene rings is 2. The van der Waals surface area contributed by atoms with E-state index in [2.05, 4.69) is 87.7 Å². The Labute approximate surface area is 159 Å². The average Bonchev–Trinajstić information content (AvgIpc) is 2.65. The van der Waals surface area contributed by atoms with Crippen LogP contribution in [0.4, 0.5) is 0 Å². The Morgan fingerprint density at radius 3 is 1.77 bits per heavy atom. The number of aryl methyl sites for hydroxylation is 1. The summed E-state index contributed by atoms with van der Waals surface area (Å²) in [5, 5.41) is 0. The summed E-state index contributed by atoms with van der Waals surface area (Å²) >= 11 is 0. The maximum Gasteiger partial charge on any atom is -0.00122 e. The third-order valence-corrected chi connectivity index (χ3v) is 6.47. The van der Waals surface area contributed by atoms with Gasteiger partial charge < -0.3 is 0 Å². The molecular formula is C26H32. The first-order chi connectivity index (χ1) is 12.5. The monoisotopic (exact) mass is 344 g/mol. The Bertz CT molecular complexity index is 738. The standard InChI is InChI=1S/C26H32/c1-5-15-25(4)17-19-26(16-6-2,20-18-25)24-13-11-23(12-14-24)22-9-7-21(3)8-10-22/h5-14H,1-2,15-20H2,3-4H3. The van der Waals surface area contributed by atoms with Crippen molar-refractivity contribution in [3.63, 3.8) is 0 Å². The van der Waals surface area contributed by atoms with Crippen LogP contribution in [0.25, 0.3) is 11.1 Å². The maximum atomic E-state index is 4.06. The van der Waals surface area contributed by atoms with Crippen LogP contribution in [0.5, 0.6) is 0 Å². The smallest absolute Gasteiger partial charge is 0.00122 e. The minimum absolute atomic E-state index is 0.258. The molecule has 0 saturated heterocycles. The lowest BCUT2D eigenvalue weighted by Gasteiger charge is -2.45. The Morgan fingerprint density at radius 1 is 0.769 bits per heavy atom. The fraction of sp³-hybridized carbons (Fsp3) is 0.385. The first-order valence-corrected chi connectivity index (χ1v) is 9.90. The second kappa shape index (κ2) is 7.66. The lowest BCUT2D eigenvalue weighted by Crippen LogP contribution is -2.35. The first kappa shape index (κ1) is 18.7. The number of rotatable bonds is 6. The molecule has 3 rings (SSSR count). The van der Waals surface area contributed by atoms with E-state index >= 15 is 0 Å². The van der Waals surface area contributed by atoms with Crippen molar-refractivity contribution >= 4 is 0 Å². The molecule has 2 aromatic carbocycles. The van der Waals surface area contributed by atoms with E-state index in [1.54, 1.807) is 0 Å². The van der Waals surface area contributed by atoms with Crippen LogP contribution in [-0.2, 0) is 5.41 Å². The zero-order chi connectivity index (χ0) is 18.6. The van der Waals surface area contributed by atoms with Crippen molar-refractivity contribution in [1.82, 2.24) is 0 Å². The van der Waals surface area contributed by atoms with Crippen molar-refractivity contribution in [2.24, 2.45) is 5.41 Å². The molecule has 0 N–H and O–H groups in total. The molecule has 0 bridgehead atoms. The van der Waals surface area contributed by atoms with Crippen molar-refractivity contribution in [2.45, 2.75) is 57.8 Å². The third kappa shape index (κ3) is 3.85. The Kier molecular flexibility index (Phi) is 5.51. The summed E-state index contributed by atoms with van der Waals surface area (Å²) < 4.78 is 0. The Morgan fingerprint density at radius 2 is 1.27 bits per heavy atom. The van der Waals surface area contributed by atoms with Gasteiger partial charge in [0.15, 0.2) is 0 Å². The molecule has 0 heteroatoms. The van der Waals surface area contributed by atoms with Gasteiger partial charge in [0.1, 0.15) is 0 Å². The molecule has 0 spiro atoms. The SMILES string of the molecule is C=CCC1(C)CCC(CC=C)(c2ccc(-c3ccc(C)cc3)cc2)CC1. The third-order valence-electron chi connectivity index (χ3n) is 6.47. The largest absolute Gasteiger partial charge is 0.103 e. The highest BCUT2D eigenvalue weighted by atomic mass is 14.4. The van der Waals surface area contributed by atoms with Crippen LogP contribution in [0.15, 0.2) is 73.8 Å². The van der Waals surface area contributed by atoms with Crippen LogP contribution in [0.2, 0.25) is 0 Å². The molecule has 0 amide bonds. The van der Waals surface area contributed by atoms with E-state index in [9.17, 15) is 0 Å². The second-order valence-corrected chi connectivity index (χ2v) is 8.52. The highest BCUT2D eigenvalue weighted by molar-refractivity contribution is 5.64. The van der Waals surface area contributed by atoms with E-state index < -0.39 is 0 Å². The van der Waals surface area contributed by atoms with Crippen LogP contribution in [0, 0.1) is 12.3 Å². The molecule has 0 aromatic heterocycles. The molecule has 1 fully saturated rings. The molecule has 0 radical (unpaired) electrons. The van der Waals surface area contributed by atoms with Gasteiger partial charge in [-0.1, -0.05) is 73.2 Å². The molecule has 0 heterocycles. The van der Waals surface area contributed by atoms with E-state index in [0.29, 0.717) is 5.41 Å². The van der Waals surface area contributed by atoms with Crippen LogP contribution in [0.3, 0.4) is 0 Å². The molecule has 1 aliphatic carbocycles. The molecule has 26 heavy (non-hydrogen) atoms. The lowest BCUT2D eigenvalue weighted by molar-refractivity contribution is 0.147. The van der Waals surface area contributed by atoms with E-state index in [4.69, 9.17) is 0 Å². The fourth-order valence-electron chi connectivity index (χ4n) is 4.53. The van der Waals surface area contributed by atoms with Crippen LogP contribution < -0.4 is 0 Å². The Hall–Kier alpha value is -2.08. The van der Waals surface area contributed by atoms with Crippen molar-refractivity contribution in [1.29, 1.82) is 0 Å². The van der Waals surface area contributed by atoms with E-state index in [1.165, 1.54) is 47.9 Å². The van der Waals surface area contributed by atoms with Crippen molar-refractivity contribution in [2.75, 3.05) is 0 Å². The lowest BCUT2D eigenvalue weighted by atomic mass is 9.59. The minimum Gasteiger partial charge on any atom is -0.103 e. The molecule has 0 nitrogen and oxygen atoms in total. The van der Waals surface area contributed by atoms with Gasteiger partial charge in [-0.2, -0.15) is 0 Å². The predicted octanol–water partition coefficient (Wildman–Crippen LogP) is 7.63. The van der Waals surface area contributed by atoms with Gasteiger partial charge in [0.05, 0.1) is 0 Å². The van der Waals surface area contributed by atoms with Gasteiger partial charge in [-0.25, -0.2) is 0 Å². The zero-order valence-electron chi connectivity index (χ0n) is 16.4. The maximum absolute atomic E-state index is 4.06. The molecule has 0 unspecified atom stereocenters. The van der Waals surface area contributed by atoms with Gasteiger partial charge in [-0.3, -0.25) is 0 Å². The highest BCUT2D eigenvalue weighted by Crippen LogP contribution is 2.50. The van der Waals surface area contributed by atoms with Gasteiger partial charge in [0, 0.05) is 0 Å². The van der Waals surface area contributed by atoms with E-state index in [-0.39, 0.29) is 5.41 Å². The molecule has 0 atom stereocenters. The van der Waals surface area contributed by atoms with Gasteiger partial charge in [-0.15, -0.1) is 13.2 Å². The summed E-state index contributed by atoms with van der Waals surface area (Å²) in [4.78, 5) is 0. The van der Waals surface area contributed by atoms with E-state index in [0.717, 1.165) is 12.8 Å². The average molecular weight is 345 g/mol. The second-order valence-electron chi connectivity index (χ2n) is 8.52. The molecular weight excluding hydrogens is 312 g/mol. The van der Waals surface area contributed by atoms with E-state index in [1.807, 2.05) is 0 Å². The minimum atomic E-state index is 0.258. The van der Waals surface area contributed by atoms with Gasteiger partial charge in [-0.05, 0) is 73.0 Å².